The molecule has 110 valence electrons. The van der Waals surface area contributed by atoms with Gasteiger partial charge in [0.2, 0.25) is 5.91 Å². The monoisotopic (exact) mass is 278 g/mol. The van der Waals surface area contributed by atoms with E-state index in [1.807, 2.05) is 18.7 Å². The smallest absolute Gasteiger partial charge is 0.227 e. The van der Waals surface area contributed by atoms with Gasteiger partial charge in [-0.25, -0.2) is 4.39 Å². The van der Waals surface area contributed by atoms with E-state index in [-0.39, 0.29) is 23.6 Å². The molecule has 2 rings (SSSR count). The van der Waals surface area contributed by atoms with Crippen molar-refractivity contribution in [1.29, 1.82) is 0 Å². The van der Waals surface area contributed by atoms with Crippen molar-refractivity contribution in [2.45, 2.75) is 39.3 Å². The highest BCUT2D eigenvalue weighted by atomic mass is 19.1. The van der Waals surface area contributed by atoms with Crippen molar-refractivity contribution >= 4 is 5.91 Å². The molecule has 0 aliphatic heterocycles. The molecule has 20 heavy (non-hydrogen) atoms. The second kappa shape index (κ2) is 6.35. The van der Waals surface area contributed by atoms with Crippen LogP contribution in [0.4, 0.5) is 4.39 Å². The molecule has 1 atom stereocenters. The molecule has 0 spiro atoms. The zero-order valence-corrected chi connectivity index (χ0v) is 12.2. The maximum Gasteiger partial charge on any atom is 0.227 e. The summed E-state index contributed by atoms with van der Waals surface area (Å²) in [5.74, 6) is -0.00703. The van der Waals surface area contributed by atoms with Crippen LogP contribution in [0.15, 0.2) is 24.3 Å². The Hall–Kier alpha value is -1.42. The van der Waals surface area contributed by atoms with Gasteiger partial charge in [0.25, 0.3) is 0 Å². The first kappa shape index (κ1) is 15.0. The van der Waals surface area contributed by atoms with E-state index in [0.717, 1.165) is 18.4 Å². The Balaban J connectivity index is 2.10. The van der Waals surface area contributed by atoms with Crippen LogP contribution in [0.2, 0.25) is 0 Å². The Bertz CT molecular complexity index is 454. The fraction of sp³-hybridized carbons (Fsp3) is 0.562. The molecule has 1 amide bonds. The van der Waals surface area contributed by atoms with E-state index in [9.17, 15) is 9.18 Å². The van der Waals surface area contributed by atoms with Gasteiger partial charge >= 0.3 is 0 Å². The number of amides is 1. The fourth-order valence-electron chi connectivity index (χ4n) is 2.43. The summed E-state index contributed by atoms with van der Waals surface area (Å²) in [7, 11) is 0. The van der Waals surface area contributed by atoms with Crippen LogP contribution >= 0.6 is 0 Å². The fourth-order valence-corrected chi connectivity index (χ4v) is 2.43. The third kappa shape index (κ3) is 3.57. The number of carbonyl (C=O) groups is 1. The van der Waals surface area contributed by atoms with Gasteiger partial charge < -0.3 is 10.6 Å². The van der Waals surface area contributed by atoms with Crippen LogP contribution in [-0.4, -0.2) is 23.4 Å². The SMILES string of the molecule is CC(C)C(CN)C(=O)N(Cc1ccc(F)cc1)C1CC1. The van der Waals surface area contributed by atoms with E-state index in [1.165, 1.54) is 12.1 Å². The molecule has 1 aliphatic rings. The second-order valence-corrected chi connectivity index (χ2v) is 5.91. The Kier molecular flexibility index (Phi) is 4.76. The molecule has 1 aliphatic carbocycles. The van der Waals surface area contributed by atoms with E-state index in [4.69, 9.17) is 5.73 Å². The normalized spacial score (nSPS) is 16.2. The summed E-state index contributed by atoms with van der Waals surface area (Å²) in [5, 5.41) is 0. The average molecular weight is 278 g/mol. The average Bonchev–Trinajstić information content (AvgIpc) is 3.22. The quantitative estimate of drug-likeness (QED) is 0.869. The summed E-state index contributed by atoms with van der Waals surface area (Å²) in [5.41, 5.74) is 6.71. The Morgan fingerprint density at radius 1 is 1.35 bits per heavy atom. The standard InChI is InChI=1S/C16H23FN2O/c1-11(2)15(9-18)16(20)19(14-7-8-14)10-12-3-5-13(17)6-4-12/h3-6,11,14-15H,7-10,18H2,1-2H3. The number of hydrogen-bond acceptors (Lipinski definition) is 2. The zero-order chi connectivity index (χ0) is 14.7. The van der Waals surface area contributed by atoms with E-state index in [2.05, 4.69) is 0 Å². The molecule has 0 saturated heterocycles. The van der Waals surface area contributed by atoms with Crippen molar-refractivity contribution in [3.8, 4) is 0 Å². The lowest BCUT2D eigenvalue weighted by Crippen LogP contribution is -2.42. The van der Waals surface area contributed by atoms with E-state index in [1.54, 1.807) is 12.1 Å². The first-order valence-electron chi connectivity index (χ1n) is 7.28. The summed E-state index contributed by atoms with van der Waals surface area (Å²) in [6, 6.07) is 6.69. The van der Waals surface area contributed by atoms with Crippen molar-refractivity contribution in [3.63, 3.8) is 0 Å². The second-order valence-electron chi connectivity index (χ2n) is 5.91. The lowest BCUT2D eigenvalue weighted by molar-refractivity contribution is -0.137. The van der Waals surface area contributed by atoms with Crippen LogP contribution in [0.25, 0.3) is 0 Å². The summed E-state index contributed by atoms with van der Waals surface area (Å²) >= 11 is 0. The van der Waals surface area contributed by atoms with Crippen molar-refractivity contribution in [2.24, 2.45) is 17.6 Å². The Morgan fingerprint density at radius 2 is 1.95 bits per heavy atom. The zero-order valence-electron chi connectivity index (χ0n) is 12.2. The van der Waals surface area contributed by atoms with Gasteiger partial charge in [-0.2, -0.15) is 0 Å². The molecule has 0 aromatic heterocycles. The Labute approximate surface area is 120 Å². The molecule has 3 nitrogen and oxygen atoms in total. The summed E-state index contributed by atoms with van der Waals surface area (Å²) in [6.07, 6.45) is 2.12. The first-order valence-corrected chi connectivity index (χ1v) is 7.28. The molecule has 4 heteroatoms. The number of carbonyl (C=O) groups excluding carboxylic acids is 1. The third-order valence-corrected chi connectivity index (χ3v) is 3.91. The third-order valence-electron chi connectivity index (χ3n) is 3.91. The van der Waals surface area contributed by atoms with E-state index >= 15 is 0 Å². The number of benzene rings is 1. The summed E-state index contributed by atoms with van der Waals surface area (Å²) < 4.78 is 12.9. The molecule has 1 aromatic carbocycles. The van der Waals surface area contributed by atoms with E-state index in [0.29, 0.717) is 19.1 Å². The summed E-state index contributed by atoms with van der Waals surface area (Å²) in [4.78, 5) is 14.6. The minimum Gasteiger partial charge on any atom is -0.335 e. The van der Waals surface area contributed by atoms with Gasteiger partial charge in [-0.05, 0) is 36.5 Å². The van der Waals surface area contributed by atoms with Gasteiger partial charge in [0.15, 0.2) is 0 Å². The minimum atomic E-state index is -0.250. The highest BCUT2D eigenvalue weighted by molar-refractivity contribution is 5.80. The van der Waals surface area contributed by atoms with Gasteiger partial charge in [0.05, 0.1) is 5.92 Å². The molecule has 1 fully saturated rings. The lowest BCUT2D eigenvalue weighted by atomic mass is 9.94. The largest absolute Gasteiger partial charge is 0.335 e. The molecular weight excluding hydrogens is 255 g/mol. The van der Waals surface area contributed by atoms with Crippen molar-refractivity contribution in [1.82, 2.24) is 4.90 Å². The molecule has 1 unspecified atom stereocenters. The predicted molar refractivity (Wildman–Crippen MR) is 77.4 cm³/mol. The lowest BCUT2D eigenvalue weighted by Gasteiger charge is -2.29. The van der Waals surface area contributed by atoms with Crippen LogP contribution in [-0.2, 0) is 11.3 Å². The van der Waals surface area contributed by atoms with Crippen LogP contribution in [0.3, 0.4) is 0 Å². The van der Waals surface area contributed by atoms with Gasteiger partial charge in [-0.1, -0.05) is 26.0 Å². The maximum absolute atomic E-state index is 12.9. The molecule has 0 bridgehead atoms. The number of nitrogens with zero attached hydrogens (tertiary/aromatic N) is 1. The Morgan fingerprint density at radius 3 is 2.40 bits per heavy atom. The van der Waals surface area contributed by atoms with E-state index < -0.39 is 0 Å². The van der Waals surface area contributed by atoms with Crippen LogP contribution in [0.5, 0.6) is 0 Å². The molecule has 1 aromatic rings. The van der Waals surface area contributed by atoms with Gasteiger partial charge in [0, 0.05) is 19.1 Å². The summed E-state index contributed by atoms with van der Waals surface area (Å²) in [6.45, 7) is 4.98. The molecule has 2 N–H and O–H groups in total. The number of nitrogens with two attached hydrogens (primary N) is 1. The van der Waals surface area contributed by atoms with Gasteiger partial charge in [-0.15, -0.1) is 0 Å². The maximum atomic E-state index is 12.9. The number of rotatable bonds is 6. The highest BCUT2D eigenvalue weighted by Crippen LogP contribution is 2.30. The van der Waals surface area contributed by atoms with Crippen LogP contribution in [0.1, 0.15) is 32.3 Å². The van der Waals surface area contributed by atoms with Gasteiger partial charge in [-0.3, -0.25) is 4.79 Å². The number of halogens is 1. The van der Waals surface area contributed by atoms with Crippen molar-refractivity contribution in [3.05, 3.63) is 35.6 Å². The topological polar surface area (TPSA) is 46.3 Å². The highest BCUT2D eigenvalue weighted by Gasteiger charge is 2.36. The molecule has 0 radical (unpaired) electrons. The van der Waals surface area contributed by atoms with Crippen molar-refractivity contribution in [2.75, 3.05) is 6.54 Å². The predicted octanol–water partition coefficient (Wildman–Crippen LogP) is 2.55. The molecule has 1 saturated carbocycles. The van der Waals surface area contributed by atoms with Crippen molar-refractivity contribution < 1.29 is 9.18 Å². The molecule has 0 heterocycles. The first-order chi connectivity index (χ1) is 9.52. The minimum absolute atomic E-state index is 0.129. The van der Waals surface area contributed by atoms with Gasteiger partial charge in [0.1, 0.15) is 5.82 Å². The van der Waals surface area contributed by atoms with Crippen LogP contribution in [0, 0.1) is 17.7 Å². The van der Waals surface area contributed by atoms with Crippen LogP contribution < -0.4 is 5.73 Å². The molecular formula is C16H23FN2O. The number of hydrogen-bond donors (Lipinski definition) is 1.